The maximum atomic E-state index is 13.7. The fourth-order valence-electron chi connectivity index (χ4n) is 11.5. The molecule has 0 bridgehead atoms. The largest absolute Gasteiger partial charge is 0.570 e. The lowest BCUT2D eigenvalue weighted by Gasteiger charge is -2.26. The molecule has 20 N–H and O–H groups in total. The quantitative estimate of drug-likeness (QED) is 0.00307. The van der Waals surface area contributed by atoms with Crippen molar-refractivity contribution < 1.29 is 138 Å². The first kappa shape index (κ1) is 104. The summed E-state index contributed by atoms with van der Waals surface area (Å²) in [5, 5.41) is 51.5. The van der Waals surface area contributed by atoms with Crippen molar-refractivity contribution in [2.24, 2.45) is 16.1 Å². The van der Waals surface area contributed by atoms with Crippen molar-refractivity contribution in [3.05, 3.63) is 91.7 Å². The number of carbonyl (C=O) groups is 3. The summed E-state index contributed by atoms with van der Waals surface area (Å²) in [5.41, 5.74) is 38.0. The van der Waals surface area contributed by atoms with E-state index in [4.69, 9.17) is 100 Å². The SMILES string of the molecule is CC(C)(C)OC(=O)N[C@@H](CCCN=[N+]=[N-])C(=O)O[C@H]1[C@@H](O)[C@H](n2cnc3c(N)ncnc32)O[C@@H]1CO[P+](O)(O)O[C@H]1C[C@H](n2ccc(N)nc2=O)O[C@@H]1COP(=O)(O)O.CC(C)SS.CC(C)SSC(CC[C@H](C)C(=O)OCC#N)N=[N+]=[N-].Nc1ccn([C@H]2C[C@H](O[P+](O)(O)OC[C@H]3O[C@@H](n4cnc5c(N)ncnc54)[C@H](O)[C@@H]3O)[C@@H](COP(=O)(O)O)O2)c(=O)n1. The first-order valence-electron chi connectivity index (χ1n) is 37.0. The number of hydrogen-bond acceptors (Lipinski definition) is 46. The molecule has 0 spiro atoms. The minimum absolute atomic E-state index is 0.00616. The Hall–Kier alpha value is -7.74. The fourth-order valence-corrected chi connectivity index (χ4v) is 16.3. The number of anilines is 4. The second kappa shape index (κ2) is 47.5. The van der Waals surface area contributed by atoms with Crippen LogP contribution in [0.2, 0.25) is 0 Å². The Labute approximate surface area is 726 Å². The highest BCUT2D eigenvalue weighted by Crippen LogP contribution is 2.58. The summed E-state index contributed by atoms with van der Waals surface area (Å²) in [5.74, 6) is -1.87. The van der Waals surface area contributed by atoms with Crippen LogP contribution >= 0.6 is 76.0 Å². The average molecular weight is 1930 g/mol. The number of alkyl carbamates (subject to hydrolysis) is 1. The standard InChI is InChI=1S/C29H42N12O16P2.C19H26N8O13P2.C11H18N4O2S2.C3H8S2/c1-29(2,3)56-28(45)37-14(5-4-7-36-39-32)26(43)55-22-17(54-25(21(22)42)41-13-35-20-23(31)33-12-34-24(20)41)11-52-59(49,50)57-15-9-19(40-8-6-18(30)38-27(40)44)53-16(15)10-51-58(46,47)48;20-11-1-2-26(19(30)25-11)12-3-8(9(38-12)4-36-41(31,32)33)40-42(34,35)37-5-10-14(28)15(29)18(39-10)27-7-24-13-16(21)22-6-23-17(13)27;1-8(2)18-19-10(14-15-13)5-4-9(3)11(16)17-7-6-12;1-3(2)5-4/h6,8,12-17,19,21-22,25,42,49-50H,4-5,7,9-11H2,1-3H3,(H6-,30,31,33,34,37,38,44,45,46,47,48);1-2,6-10,12,14-15,18,28-29,34-35H,3-5H2,(H5-,20,21,22,23,25,30,31,32,33);8-10H,4-5,7H2,1-3H3;3-4H,1-2H3/p+2/t14-,15-,16+,17+,19+,21+,22+,25+;8-,9+,10+,12+,14+,15+,18+;9-,10?;/m000./s1. The molecule has 6 aromatic heterocycles. The molecule has 4 aliphatic rings. The molecule has 1 amide bonds. The summed E-state index contributed by atoms with van der Waals surface area (Å²) in [6.45, 7) is 11.5. The number of nitrogen functional groups attached to an aromatic ring is 4. The van der Waals surface area contributed by atoms with E-state index in [0.29, 0.717) is 23.3 Å². The molecule has 0 aromatic carbocycles. The van der Waals surface area contributed by atoms with Crippen LogP contribution in [0.3, 0.4) is 0 Å². The third-order valence-corrected chi connectivity index (χ3v) is 25.1. The van der Waals surface area contributed by atoms with E-state index in [1.807, 2.05) is 0 Å². The number of ether oxygens (including phenoxy) is 7. The first-order valence-corrected chi connectivity index (χ1v) is 47.3. The zero-order chi connectivity index (χ0) is 92.6. The van der Waals surface area contributed by atoms with Gasteiger partial charge in [0, 0.05) is 52.1 Å². The lowest BCUT2D eigenvalue weighted by atomic mass is 10.1. The van der Waals surface area contributed by atoms with Crippen LogP contribution in [0, 0.1) is 17.2 Å². The van der Waals surface area contributed by atoms with Gasteiger partial charge in [0.2, 0.25) is 0 Å². The van der Waals surface area contributed by atoms with E-state index in [1.165, 1.54) is 63.4 Å². The molecular formula is C62H96N24O31P4S4+2. The van der Waals surface area contributed by atoms with Crippen LogP contribution in [0.15, 0.2) is 69.7 Å². The predicted octanol–water partition coefficient (Wildman–Crippen LogP) is 3.06. The Morgan fingerprint density at radius 2 is 1.17 bits per heavy atom. The molecule has 4 saturated heterocycles. The number of aliphatic hydroxyl groups is 3. The van der Waals surface area contributed by atoms with Gasteiger partial charge in [-0.3, -0.25) is 32.1 Å². The number of rotatable bonds is 37. The monoisotopic (exact) mass is 1920 g/mol. The number of aliphatic hydroxyl groups excluding tert-OH is 3. The minimum atomic E-state index is -5.07. The van der Waals surface area contributed by atoms with Gasteiger partial charge in [0.15, 0.2) is 48.1 Å². The number of esters is 2. The van der Waals surface area contributed by atoms with E-state index in [2.05, 4.69) is 114 Å². The first-order chi connectivity index (χ1) is 58.6. The number of azide groups is 2. The van der Waals surface area contributed by atoms with E-state index < -0.39 is 179 Å². The number of imidazole rings is 2. The molecule has 10 rings (SSSR count). The predicted molar refractivity (Wildman–Crippen MR) is 445 cm³/mol. The van der Waals surface area contributed by atoms with E-state index in [0.717, 1.165) is 15.5 Å². The number of nitrogens with two attached hydrogens (primary N) is 4. The van der Waals surface area contributed by atoms with E-state index in [9.17, 15) is 77.8 Å². The Kier molecular flexibility index (Phi) is 39.7. The molecule has 6 aromatic rings. The number of fused-ring (bicyclic) bond motifs is 2. The highest BCUT2D eigenvalue weighted by molar-refractivity contribution is 8.77. The number of aromatic nitrogens is 12. The van der Waals surface area contributed by atoms with Gasteiger partial charge in [0.1, 0.15) is 134 Å². The van der Waals surface area contributed by atoms with Crippen LogP contribution in [0.1, 0.15) is 119 Å². The molecule has 1 unspecified atom stereocenters. The summed E-state index contributed by atoms with van der Waals surface area (Å²) < 4.78 is 96.4. The third-order valence-electron chi connectivity index (χ3n) is 17.1. The van der Waals surface area contributed by atoms with Crippen LogP contribution in [0.25, 0.3) is 43.2 Å². The molecule has 0 saturated carbocycles. The van der Waals surface area contributed by atoms with Crippen molar-refractivity contribution in [1.29, 1.82) is 5.26 Å². The van der Waals surface area contributed by atoms with Crippen LogP contribution in [0.4, 0.5) is 28.1 Å². The van der Waals surface area contributed by atoms with Crippen molar-refractivity contribution in [2.75, 3.05) is 62.5 Å². The minimum Gasteiger partial charge on any atom is -0.455 e. The van der Waals surface area contributed by atoms with Gasteiger partial charge in [-0.25, -0.2) is 58.2 Å². The zero-order valence-electron chi connectivity index (χ0n) is 67.4. The number of amides is 1. The Morgan fingerprint density at radius 3 is 1.62 bits per heavy atom. The zero-order valence-corrected chi connectivity index (χ0v) is 74.3. The molecule has 0 radical (unpaired) electrons. The van der Waals surface area contributed by atoms with Crippen molar-refractivity contribution in [3.8, 4) is 6.07 Å². The lowest BCUT2D eigenvalue weighted by Crippen LogP contribution is -2.47. The van der Waals surface area contributed by atoms with Crippen LogP contribution in [0.5, 0.6) is 0 Å². The van der Waals surface area contributed by atoms with E-state index >= 15 is 0 Å². The van der Waals surface area contributed by atoms with Gasteiger partial charge in [0.05, 0.1) is 37.2 Å². The number of thiol groups is 1. The number of nitrogens with one attached hydrogen (secondary N) is 1. The maximum Gasteiger partial charge on any atom is 0.570 e. The van der Waals surface area contributed by atoms with Crippen LogP contribution in [-0.2, 0) is 79.0 Å². The molecule has 17 atom stereocenters. The molecule has 4 aliphatic heterocycles. The van der Waals surface area contributed by atoms with Gasteiger partial charge in [-0.1, -0.05) is 77.2 Å². The van der Waals surface area contributed by atoms with E-state index in [-0.39, 0.29) is 102 Å². The molecule has 10 heterocycles. The van der Waals surface area contributed by atoms with Crippen LogP contribution < -0.4 is 39.6 Å². The molecule has 125 heavy (non-hydrogen) atoms. The van der Waals surface area contributed by atoms with Gasteiger partial charge >= 0.3 is 61.4 Å². The number of phosphoric acid groups is 2. The average Bonchev–Trinajstić information content (AvgIpc) is 1.62. The molecular weight excluding hydrogens is 1830 g/mol. The highest BCUT2D eigenvalue weighted by atomic mass is 33.1. The van der Waals surface area contributed by atoms with Gasteiger partial charge in [-0.05, 0) is 69.6 Å². The summed E-state index contributed by atoms with van der Waals surface area (Å²) in [4.78, 5) is 179. The second-order valence-electron chi connectivity index (χ2n) is 28.5. The molecule has 4 fully saturated rings. The summed E-state index contributed by atoms with van der Waals surface area (Å²) in [6, 6.07) is 2.93. The maximum absolute atomic E-state index is 13.7. The Bertz CT molecular complexity index is 4950. The van der Waals surface area contributed by atoms with Crippen LogP contribution in [-0.4, -0.2) is 259 Å². The Balaban J connectivity index is 0.000000280. The van der Waals surface area contributed by atoms with Crippen molar-refractivity contribution in [3.63, 3.8) is 0 Å². The normalized spacial score (nSPS) is 23.4. The number of nitrogens with zero attached hydrogens (tertiary/aromatic N) is 19. The second-order valence-corrected chi connectivity index (χ2v) is 38.7. The van der Waals surface area contributed by atoms with Crippen molar-refractivity contribution in [1.82, 2.24) is 63.5 Å². The van der Waals surface area contributed by atoms with Crippen molar-refractivity contribution >= 4 is 140 Å². The fraction of sp³-hybridized carbons (Fsp3) is 0.645. The number of phosphoric ester groups is 2. The molecule has 0 aliphatic carbocycles. The number of carbonyl (C=O) groups excluding carboxylic acids is 3. The Morgan fingerprint density at radius 1 is 0.680 bits per heavy atom. The summed E-state index contributed by atoms with van der Waals surface area (Å²) in [6.07, 6.45) is -12.8. The lowest BCUT2D eigenvalue weighted by molar-refractivity contribution is -0.159. The molecule has 55 nitrogen and oxygen atoms in total. The summed E-state index contributed by atoms with van der Waals surface area (Å²) >= 11 is 3.93. The number of hydrogen-bond donors (Lipinski definition) is 17. The smallest absolute Gasteiger partial charge is 0.455 e. The highest BCUT2D eigenvalue weighted by Gasteiger charge is 2.56. The van der Waals surface area contributed by atoms with Gasteiger partial charge in [-0.15, -0.1) is 20.7 Å². The molecule has 63 heteroatoms. The van der Waals surface area contributed by atoms with Gasteiger partial charge < -0.3 is 96.3 Å². The van der Waals surface area contributed by atoms with Gasteiger partial charge in [0.25, 0.3) is 0 Å². The van der Waals surface area contributed by atoms with Gasteiger partial charge in [-0.2, -0.15) is 43.9 Å². The topological polar surface area (TPSA) is 822 Å². The summed E-state index contributed by atoms with van der Waals surface area (Å²) in [7, 11) is -15.0. The third kappa shape index (κ3) is 32.5. The number of nitriles is 1. The van der Waals surface area contributed by atoms with E-state index in [1.54, 1.807) is 55.4 Å². The molecule has 692 valence electrons. The van der Waals surface area contributed by atoms with Crippen molar-refractivity contribution in [2.45, 2.75) is 207 Å².